The number of amides is 1. The highest BCUT2D eigenvalue weighted by Crippen LogP contribution is 2.28. The normalized spacial score (nSPS) is 10.8. The molecule has 4 aromatic rings. The van der Waals surface area contributed by atoms with Crippen LogP contribution in [-0.2, 0) is 11.2 Å². The summed E-state index contributed by atoms with van der Waals surface area (Å²) in [5, 5.41) is 12.9. The molecule has 1 amide bonds. The highest BCUT2D eigenvalue weighted by atomic mass is 35.5. The number of carbonyl (C=O) groups excluding carboxylic acids is 1. The van der Waals surface area contributed by atoms with Crippen LogP contribution in [0.3, 0.4) is 0 Å². The highest BCUT2D eigenvalue weighted by molar-refractivity contribution is 7.99. The Hall–Kier alpha value is -3.16. The molecule has 0 saturated carbocycles. The molecule has 8 heteroatoms. The lowest BCUT2D eigenvalue weighted by Crippen LogP contribution is -2.15. The minimum absolute atomic E-state index is 0.0977. The Morgan fingerprint density at radius 1 is 1.06 bits per heavy atom. The molecule has 156 valence electrons. The van der Waals surface area contributed by atoms with Crippen molar-refractivity contribution in [2.24, 2.45) is 0 Å². The van der Waals surface area contributed by atoms with E-state index in [0.29, 0.717) is 16.0 Å². The summed E-state index contributed by atoms with van der Waals surface area (Å²) >= 11 is 7.39. The van der Waals surface area contributed by atoms with E-state index in [2.05, 4.69) is 27.4 Å². The smallest absolute Gasteiger partial charge is 0.234 e. The van der Waals surface area contributed by atoms with Gasteiger partial charge in [0.05, 0.1) is 5.75 Å². The molecule has 0 aliphatic rings. The number of aryl methyl sites for hydroxylation is 1. The number of benzene rings is 2. The van der Waals surface area contributed by atoms with Gasteiger partial charge in [0, 0.05) is 34.4 Å². The van der Waals surface area contributed by atoms with Crippen LogP contribution in [0.4, 0.5) is 5.69 Å². The Bertz CT molecular complexity index is 1180. The monoisotopic (exact) mass is 449 g/mol. The van der Waals surface area contributed by atoms with Gasteiger partial charge in [-0.25, -0.2) is 0 Å². The fourth-order valence-corrected chi connectivity index (χ4v) is 4.01. The van der Waals surface area contributed by atoms with Crippen LogP contribution in [0, 0.1) is 0 Å². The molecule has 0 unspecified atom stereocenters. The number of aromatic nitrogens is 4. The van der Waals surface area contributed by atoms with Crippen molar-refractivity contribution in [1.29, 1.82) is 0 Å². The van der Waals surface area contributed by atoms with Crippen molar-refractivity contribution in [2.75, 3.05) is 11.1 Å². The number of thioether (sulfide) groups is 1. The third-order valence-electron chi connectivity index (χ3n) is 4.64. The van der Waals surface area contributed by atoms with Crippen LogP contribution in [0.1, 0.15) is 12.5 Å². The third kappa shape index (κ3) is 4.95. The number of pyridine rings is 1. The zero-order valence-electron chi connectivity index (χ0n) is 16.8. The predicted octanol–water partition coefficient (Wildman–Crippen LogP) is 5.28. The van der Waals surface area contributed by atoms with E-state index in [1.165, 1.54) is 11.8 Å². The van der Waals surface area contributed by atoms with Crippen molar-refractivity contribution in [3.05, 3.63) is 83.6 Å². The highest BCUT2D eigenvalue weighted by Gasteiger charge is 2.18. The summed E-state index contributed by atoms with van der Waals surface area (Å²) in [7, 11) is 0. The van der Waals surface area contributed by atoms with Crippen LogP contribution in [0.25, 0.3) is 17.1 Å². The van der Waals surface area contributed by atoms with Crippen LogP contribution in [-0.4, -0.2) is 31.4 Å². The summed E-state index contributed by atoms with van der Waals surface area (Å²) in [5.74, 6) is 0.755. The van der Waals surface area contributed by atoms with Gasteiger partial charge in [-0.15, -0.1) is 10.2 Å². The number of carbonyl (C=O) groups is 1. The molecule has 0 aliphatic carbocycles. The first-order valence-electron chi connectivity index (χ1n) is 9.78. The summed E-state index contributed by atoms with van der Waals surface area (Å²) in [4.78, 5) is 16.8. The van der Waals surface area contributed by atoms with E-state index in [4.69, 9.17) is 11.6 Å². The second-order valence-electron chi connectivity index (χ2n) is 6.71. The van der Waals surface area contributed by atoms with E-state index < -0.39 is 0 Å². The lowest BCUT2D eigenvalue weighted by molar-refractivity contribution is -0.113. The minimum atomic E-state index is -0.0977. The van der Waals surface area contributed by atoms with E-state index in [1.807, 2.05) is 65.2 Å². The molecular weight excluding hydrogens is 430 g/mol. The van der Waals surface area contributed by atoms with Gasteiger partial charge in [0.2, 0.25) is 5.91 Å². The summed E-state index contributed by atoms with van der Waals surface area (Å²) in [6.45, 7) is 2.06. The zero-order valence-corrected chi connectivity index (χ0v) is 18.4. The van der Waals surface area contributed by atoms with Gasteiger partial charge in [-0.3, -0.25) is 14.3 Å². The molecule has 0 aliphatic heterocycles. The van der Waals surface area contributed by atoms with Gasteiger partial charge >= 0.3 is 0 Å². The number of para-hydroxylation sites is 1. The molecule has 1 N–H and O–H groups in total. The summed E-state index contributed by atoms with van der Waals surface area (Å²) < 4.78 is 1.91. The van der Waals surface area contributed by atoms with E-state index in [-0.39, 0.29) is 11.7 Å². The van der Waals surface area contributed by atoms with Crippen molar-refractivity contribution in [3.63, 3.8) is 0 Å². The third-order valence-corrected chi connectivity index (χ3v) is 5.82. The van der Waals surface area contributed by atoms with Gasteiger partial charge in [-0.1, -0.05) is 48.5 Å². The minimum Gasteiger partial charge on any atom is -0.325 e. The van der Waals surface area contributed by atoms with E-state index >= 15 is 0 Å². The van der Waals surface area contributed by atoms with Crippen LogP contribution >= 0.6 is 23.4 Å². The molecule has 0 saturated heterocycles. The molecule has 0 atom stereocenters. The first kappa shape index (κ1) is 21.1. The Balaban J connectivity index is 1.59. The molecule has 0 bridgehead atoms. The van der Waals surface area contributed by atoms with Crippen LogP contribution < -0.4 is 5.32 Å². The van der Waals surface area contributed by atoms with Crippen molar-refractivity contribution in [2.45, 2.75) is 18.5 Å². The fraction of sp³-hybridized carbons (Fsp3) is 0.130. The maximum absolute atomic E-state index is 12.6. The Kier molecular flexibility index (Phi) is 6.64. The Labute approximate surface area is 189 Å². The number of rotatable bonds is 7. The number of hydrogen-bond acceptors (Lipinski definition) is 5. The summed E-state index contributed by atoms with van der Waals surface area (Å²) in [6.07, 6.45) is 4.29. The molecule has 4 rings (SSSR count). The molecule has 0 radical (unpaired) electrons. The van der Waals surface area contributed by atoms with Gasteiger partial charge in [0.15, 0.2) is 11.0 Å². The maximum Gasteiger partial charge on any atom is 0.234 e. The molecular formula is C23H20ClN5OS. The first-order valence-corrected chi connectivity index (χ1v) is 11.1. The lowest BCUT2D eigenvalue weighted by atomic mass is 10.1. The largest absolute Gasteiger partial charge is 0.325 e. The van der Waals surface area contributed by atoms with Gasteiger partial charge in [0.25, 0.3) is 0 Å². The number of anilines is 1. The van der Waals surface area contributed by atoms with Gasteiger partial charge in [0.1, 0.15) is 0 Å². The number of nitrogens with one attached hydrogen (secondary N) is 1. The summed E-state index contributed by atoms with van der Waals surface area (Å²) in [6, 6.07) is 19.0. The van der Waals surface area contributed by atoms with Crippen molar-refractivity contribution in [1.82, 2.24) is 19.7 Å². The Morgan fingerprint density at radius 2 is 1.87 bits per heavy atom. The molecule has 0 spiro atoms. The second kappa shape index (κ2) is 9.76. The van der Waals surface area contributed by atoms with Crippen LogP contribution in [0.5, 0.6) is 0 Å². The zero-order chi connectivity index (χ0) is 21.6. The Morgan fingerprint density at radius 3 is 2.61 bits per heavy atom. The first-order chi connectivity index (χ1) is 15.2. The van der Waals surface area contributed by atoms with Crippen molar-refractivity contribution in [3.8, 4) is 17.1 Å². The van der Waals surface area contributed by atoms with Gasteiger partial charge in [-0.05, 0) is 54.4 Å². The van der Waals surface area contributed by atoms with Gasteiger partial charge in [-0.2, -0.15) is 0 Å². The molecule has 2 heterocycles. The van der Waals surface area contributed by atoms with E-state index in [9.17, 15) is 4.79 Å². The average Bonchev–Trinajstić information content (AvgIpc) is 3.23. The van der Waals surface area contributed by atoms with Crippen LogP contribution in [0.2, 0.25) is 5.02 Å². The standard InChI is InChI=1S/C23H20ClN5OS/c1-2-16-6-3-4-8-20(16)26-21(30)15-31-23-28-27-22(17-7-5-13-25-14-17)29(23)19-11-9-18(24)10-12-19/h3-14H,2,15H2,1H3,(H,26,30). The maximum atomic E-state index is 12.6. The molecule has 0 fully saturated rings. The SMILES string of the molecule is CCc1ccccc1NC(=O)CSc1nnc(-c2cccnc2)n1-c1ccc(Cl)cc1. The van der Waals surface area contributed by atoms with Crippen molar-refractivity contribution >= 4 is 35.0 Å². The van der Waals surface area contributed by atoms with Crippen LogP contribution in [0.15, 0.2) is 78.2 Å². The van der Waals surface area contributed by atoms with E-state index in [0.717, 1.165) is 28.9 Å². The quantitative estimate of drug-likeness (QED) is 0.389. The van der Waals surface area contributed by atoms with Gasteiger partial charge < -0.3 is 5.32 Å². The number of hydrogen-bond donors (Lipinski definition) is 1. The molecule has 6 nitrogen and oxygen atoms in total. The van der Waals surface area contributed by atoms with E-state index in [1.54, 1.807) is 12.4 Å². The molecule has 31 heavy (non-hydrogen) atoms. The summed E-state index contributed by atoms with van der Waals surface area (Å²) in [5.41, 5.74) is 3.63. The molecule has 2 aromatic carbocycles. The predicted molar refractivity (Wildman–Crippen MR) is 125 cm³/mol. The topological polar surface area (TPSA) is 72.7 Å². The van der Waals surface area contributed by atoms with Crippen molar-refractivity contribution < 1.29 is 4.79 Å². The fourth-order valence-electron chi connectivity index (χ4n) is 3.14. The second-order valence-corrected chi connectivity index (χ2v) is 8.09. The number of nitrogens with zero attached hydrogens (tertiary/aromatic N) is 4. The average molecular weight is 450 g/mol. The lowest BCUT2D eigenvalue weighted by Gasteiger charge is -2.11. The number of halogens is 1. The molecule has 2 aromatic heterocycles.